The summed E-state index contributed by atoms with van der Waals surface area (Å²) in [4.78, 5) is 4.40. The molecule has 2 aliphatic rings. The highest BCUT2D eigenvalue weighted by atomic mass is 19.4. The van der Waals surface area contributed by atoms with Gasteiger partial charge in [0.1, 0.15) is 0 Å². The third-order valence-electron chi connectivity index (χ3n) is 6.38. The minimum absolute atomic E-state index is 0.0926. The van der Waals surface area contributed by atoms with Gasteiger partial charge in [-0.1, -0.05) is 25.8 Å². The first kappa shape index (κ1) is 23.0. The summed E-state index contributed by atoms with van der Waals surface area (Å²) in [6, 6.07) is 5.69. The maximum absolute atomic E-state index is 13.1. The molecule has 0 bridgehead atoms. The number of tetrazole rings is 1. The van der Waals surface area contributed by atoms with Gasteiger partial charge in [-0.3, -0.25) is 4.90 Å². The van der Waals surface area contributed by atoms with E-state index in [1.54, 1.807) is 6.07 Å². The molecule has 3 heterocycles. The van der Waals surface area contributed by atoms with Gasteiger partial charge in [-0.15, -0.1) is 5.10 Å². The fraction of sp³-hybridized carbons (Fsp3) is 0.682. The molecule has 0 spiro atoms. The molecule has 0 saturated carbocycles. The first-order valence-corrected chi connectivity index (χ1v) is 11.5. The van der Waals surface area contributed by atoms with Crippen molar-refractivity contribution in [2.24, 2.45) is 0 Å². The normalized spacial score (nSPS) is 21.2. The first-order valence-electron chi connectivity index (χ1n) is 11.5. The molecule has 176 valence electrons. The van der Waals surface area contributed by atoms with Crippen molar-refractivity contribution in [2.45, 2.75) is 63.9 Å². The van der Waals surface area contributed by atoms with Crippen LogP contribution in [0.4, 0.5) is 18.9 Å². The van der Waals surface area contributed by atoms with Crippen molar-refractivity contribution in [3.63, 3.8) is 0 Å². The summed E-state index contributed by atoms with van der Waals surface area (Å²) in [6.07, 6.45) is 1.00. The molecule has 10 heteroatoms. The van der Waals surface area contributed by atoms with Crippen LogP contribution < -0.4 is 4.90 Å². The van der Waals surface area contributed by atoms with E-state index in [1.807, 2.05) is 9.58 Å². The summed E-state index contributed by atoms with van der Waals surface area (Å²) in [5.41, 5.74) is 0.0133. The fourth-order valence-corrected chi connectivity index (χ4v) is 4.60. The van der Waals surface area contributed by atoms with E-state index >= 15 is 0 Å². The van der Waals surface area contributed by atoms with Crippen LogP contribution in [0.2, 0.25) is 0 Å². The Bertz CT molecular complexity index is 859. The fourth-order valence-electron chi connectivity index (χ4n) is 4.60. The Balaban J connectivity index is 1.45. The minimum atomic E-state index is -4.33. The first-order chi connectivity index (χ1) is 15.5. The Morgan fingerprint density at radius 3 is 2.69 bits per heavy atom. The Labute approximate surface area is 186 Å². The van der Waals surface area contributed by atoms with E-state index in [2.05, 4.69) is 27.3 Å². The van der Waals surface area contributed by atoms with Crippen LogP contribution in [0.1, 0.15) is 56.5 Å². The average molecular weight is 453 g/mol. The van der Waals surface area contributed by atoms with Crippen molar-refractivity contribution in [1.82, 2.24) is 25.1 Å². The van der Waals surface area contributed by atoms with E-state index in [1.165, 1.54) is 12.1 Å². The van der Waals surface area contributed by atoms with Crippen molar-refractivity contribution in [1.29, 1.82) is 0 Å². The summed E-state index contributed by atoms with van der Waals surface area (Å²) in [6.45, 7) is 6.44. The zero-order chi connectivity index (χ0) is 22.6. The van der Waals surface area contributed by atoms with E-state index in [-0.39, 0.29) is 12.1 Å². The molecular formula is C22H31F3N6O. The van der Waals surface area contributed by atoms with Gasteiger partial charge < -0.3 is 9.64 Å². The zero-order valence-corrected chi connectivity index (χ0v) is 18.5. The summed E-state index contributed by atoms with van der Waals surface area (Å²) < 4.78 is 47.0. The second kappa shape index (κ2) is 10.2. The summed E-state index contributed by atoms with van der Waals surface area (Å²) in [7, 11) is 0. The lowest BCUT2D eigenvalue weighted by Gasteiger charge is -2.40. The largest absolute Gasteiger partial charge is 0.416 e. The van der Waals surface area contributed by atoms with Gasteiger partial charge in [-0.2, -0.15) is 13.2 Å². The molecule has 0 unspecified atom stereocenters. The third-order valence-corrected chi connectivity index (χ3v) is 6.38. The highest BCUT2D eigenvalue weighted by molar-refractivity contribution is 5.49. The lowest BCUT2D eigenvalue weighted by Crippen LogP contribution is -2.48. The van der Waals surface area contributed by atoms with Gasteiger partial charge in [-0.05, 0) is 47.9 Å². The molecule has 0 aliphatic carbocycles. The molecule has 1 aromatic heterocycles. The Morgan fingerprint density at radius 1 is 1.19 bits per heavy atom. The molecule has 2 saturated heterocycles. The number of alkyl halides is 3. The number of aromatic nitrogens is 4. The topological polar surface area (TPSA) is 59.3 Å². The van der Waals surface area contributed by atoms with Crippen LogP contribution in [0, 0.1) is 0 Å². The molecule has 32 heavy (non-hydrogen) atoms. The predicted octanol–water partition coefficient (Wildman–Crippen LogP) is 3.92. The molecule has 2 fully saturated rings. The van der Waals surface area contributed by atoms with Crippen LogP contribution in [-0.4, -0.2) is 64.0 Å². The number of anilines is 1. The van der Waals surface area contributed by atoms with Crippen LogP contribution in [0.3, 0.4) is 0 Å². The van der Waals surface area contributed by atoms with Crippen molar-refractivity contribution in [2.75, 3.05) is 37.7 Å². The van der Waals surface area contributed by atoms with Gasteiger partial charge in [0.25, 0.3) is 0 Å². The van der Waals surface area contributed by atoms with Gasteiger partial charge in [0, 0.05) is 38.5 Å². The zero-order valence-electron chi connectivity index (χ0n) is 18.5. The summed E-state index contributed by atoms with van der Waals surface area (Å²) in [5, 5.41) is 12.5. The number of rotatable bonds is 8. The van der Waals surface area contributed by atoms with Crippen molar-refractivity contribution < 1.29 is 17.9 Å². The second-order valence-corrected chi connectivity index (χ2v) is 8.58. The number of hydrogen-bond donors (Lipinski definition) is 0. The van der Waals surface area contributed by atoms with Crippen LogP contribution >= 0.6 is 0 Å². The van der Waals surface area contributed by atoms with Crippen LogP contribution in [0.5, 0.6) is 0 Å². The SMILES string of the molecule is CCCC[C@@H](c1nnnn1C[C@@H]1CCCO1)N1CCN(c2cccc(C(F)(F)F)c2)CC1. The molecule has 2 aromatic rings. The highest BCUT2D eigenvalue weighted by Crippen LogP contribution is 2.33. The van der Waals surface area contributed by atoms with E-state index in [0.717, 1.165) is 63.7 Å². The number of nitrogens with zero attached hydrogens (tertiary/aromatic N) is 6. The lowest BCUT2D eigenvalue weighted by molar-refractivity contribution is -0.137. The maximum atomic E-state index is 13.1. The number of unbranched alkanes of at least 4 members (excludes halogenated alkanes) is 1. The summed E-state index contributed by atoms with van der Waals surface area (Å²) >= 11 is 0. The molecule has 0 amide bonds. The van der Waals surface area contributed by atoms with Crippen molar-refractivity contribution in [3.8, 4) is 0 Å². The molecule has 0 N–H and O–H groups in total. The quantitative estimate of drug-likeness (QED) is 0.605. The van der Waals surface area contributed by atoms with E-state index < -0.39 is 11.7 Å². The molecular weight excluding hydrogens is 421 g/mol. The van der Waals surface area contributed by atoms with Gasteiger partial charge >= 0.3 is 6.18 Å². The molecule has 4 rings (SSSR count). The molecule has 2 aliphatic heterocycles. The van der Waals surface area contributed by atoms with Gasteiger partial charge in [0.05, 0.1) is 24.3 Å². The van der Waals surface area contributed by atoms with Crippen molar-refractivity contribution in [3.05, 3.63) is 35.7 Å². The van der Waals surface area contributed by atoms with Gasteiger partial charge in [0.2, 0.25) is 0 Å². The number of hydrogen-bond acceptors (Lipinski definition) is 6. The van der Waals surface area contributed by atoms with Crippen LogP contribution in [0.25, 0.3) is 0 Å². The molecule has 1 aromatic carbocycles. The molecule has 7 nitrogen and oxygen atoms in total. The minimum Gasteiger partial charge on any atom is -0.376 e. The van der Waals surface area contributed by atoms with Crippen LogP contribution in [0.15, 0.2) is 24.3 Å². The average Bonchev–Trinajstić information content (AvgIpc) is 3.47. The number of piperazine rings is 1. The smallest absolute Gasteiger partial charge is 0.376 e. The second-order valence-electron chi connectivity index (χ2n) is 8.58. The predicted molar refractivity (Wildman–Crippen MR) is 114 cm³/mol. The van der Waals surface area contributed by atoms with E-state index in [4.69, 9.17) is 4.74 Å². The molecule has 0 radical (unpaired) electrons. The number of benzene rings is 1. The number of ether oxygens (including phenoxy) is 1. The van der Waals surface area contributed by atoms with Gasteiger partial charge in [0.15, 0.2) is 5.82 Å². The van der Waals surface area contributed by atoms with Gasteiger partial charge in [-0.25, -0.2) is 4.68 Å². The molecule has 2 atom stereocenters. The monoisotopic (exact) mass is 452 g/mol. The Hall–Kier alpha value is -2.20. The standard InChI is InChI=1S/C22H31F3N6O/c1-2-3-9-20(21-26-27-28-31(21)16-19-8-5-14-32-19)30-12-10-29(11-13-30)18-7-4-6-17(15-18)22(23,24)25/h4,6-7,15,19-20H,2-3,5,8-14,16H2,1H3/t19-,20-/m0/s1. The van der Waals surface area contributed by atoms with Crippen molar-refractivity contribution >= 4 is 5.69 Å². The van der Waals surface area contributed by atoms with E-state index in [9.17, 15) is 13.2 Å². The Kier molecular flexibility index (Phi) is 7.30. The summed E-state index contributed by atoms with van der Waals surface area (Å²) in [5.74, 6) is 0.862. The van der Waals surface area contributed by atoms with Crippen LogP contribution in [-0.2, 0) is 17.5 Å². The van der Waals surface area contributed by atoms with E-state index in [0.29, 0.717) is 25.3 Å². The highest BCUT2D eigenvalue weighted by Gasteiger charge is 2.32. The maximum Gasteiger partial charge on any atom is 0.416 e. The third kappa shape index (κ3) is 5.40. The lowest BCUT2D eigenvalue weighted by atomic mass is 10.1. The number of halogens is 3. The Morgan fingerprint density at radius 2 is 2.00 bits per heavy atom.